The van der Waals surface area contributed by atoms with Gasteiger partial charge >= 0.3 is 0 Å². The van der Waals surface area contributed by atoms with Crippen LogP contribution in [0, 0.1) is 10.1 Å². The number of pyridine rings is 1. The van der Waals surface area contributed by atoms with Gasteiger partial charge in [-0.2, -0.15) is 4.37 Å². The Morgan fingerprint density at radius 3 is 2.45 bits per heavy atom. The maximum atomic E-state index is 10.9. The van der Waals surface area contributed by atoms with E-state index in [4.69, 9.17) is 0 Å². The highest BCUT2D eigenvalue weighted by Crippen LogP contribution is 2.35. The van der Waals surface area contributed by atoms with Crippen molar-refractivity contribution in [1.29, 1.82) is 0 Å². The lowest BCUT2D eigenvalue weighted by atomic mass is 10.1. The molecule has 0 N–H and O–H groups in total. The standard InChI is InChI=1S/C21H19N7O2S/c29-28(30)17-3-1-16(2-4-17)18-19-20(31-25-18)21(24-14-23-19)27-11-9-26(10-12-27)13-15-5-7-22-8-6-15/h1-8,14H,9-13H2. The highest BCUT2D eigenvalue weighted by molar-refractivity contribution is 7.14. The molecule has 4 aromatic rings. The number of fused-ring (bicyclic) bond motifs is 1. The quantitative estimate of drug-likeness (QED) is 0.349. The van der Waals surface area contributed by atoms with Crippen LogP contribution in [0.4, 0.5) is 11.5 Å². The van der Waals surface area contributed by atoms with Crippen molar-refractivity contribution < 1.29 is 4.92 Å². The van der Waals surface area contributed by atoms with Gasteiger partial charge in [0.25, 0.3) is 5.69 Å². The summed E-state index contributed by atoms with van der Waals surface area (Å²) in [6, 6.07) is 10.5. The smallest absolute Gasteiger partial charge is 0.269 e. The molecule has 156 valence electrons. The predicted molar refractivity (Wildman–Crippen MR) is 119 cm³/mol. The van der Waals surface area contributed by atoms with Crippen molar-refractivity contribution in [2.75, 3.05) is 31.1 Å². The van der Waals surface area contributed by atoms with Crippen LogP contribution in [0.2, 0.25) is 0 Å². The molecular weight excluding hydrogens is 414 g/mol. The van der Waals surface area contributed by atoms with Crippen LogP contribution in [0.25, 0.3) is 21.5 Å². The second-order valence-corrected chi connectivity index (χ2v) is 8.10. The van der Waals surface area contributed by atoms with Crippen LogP contribution in [0.5, 0.6) is 0 Å². The minimum Gasteiger partial charge on any atom is -0.353 e. The van der Waals surface area contributed by atoms with Gasteiger partial charge in [-0.1, -0.05) is 0 Å². The minimum absolute atomic E-state index is 0.0586. The van der Waals surface area contributed by atoms with E-state index in [1.165, 1.54) is 29.2 Å². The van der Waals surface area contributed by atoms with E-state index in [-0.39, 0.29) is 5.69 Å². The zero-order valence-corrected chi connectivity index (χ0v) is 17.4. The van der Waals surface area contributed by atoms with Crippen molar-refractivity contribution in [3.63, 3.8) is 0 Å². The number of piperazine rings is 1. The van der Waals surface area contributed by atoms with Gasteiger partial charge in [0.1, 0.15) is 22.2 Å². The van der Waals surface area contributed by atoms with Crippen molar-refractivity contribution in [3.05, 3.63) is 70.8 Å². The molecule has 0 radical (unpaired) electrons. The SMILES string of the molecule is O=[N+]([O-])c1ccc(-c2nsc3c(N4CCN(Cc5ccncc5)CC4)ncnc23)cc1. The third-order valence-electron chi connectivity index (χ3n) is 5.42. The summed E-state index contributed by atoms with van der Waals surface area (Å²) in [5.74, 6) is 0.902. The van der Waals surface area contributed by atoms with Crippen LogP contribution >= 0.6 is 11.5 Å². The second kappa shape index (κ2) is 8.32. The maximum Gasteiger partial charge on any atom is 0.269 e. The van der Waals surface area contributed by atoms with Gasteiger partial charge in [-0.05, 0) is 41.4 Å². The molecule has 1 aliphatic heterocycles. The summed E-state index contributed by atoms with van der Waals surface area (Å²) >= 11 is 1.37. The average molecular weight is 433 g/mol. The lowest BCUT2D eigenvalue weighted by Gasteiger charge is -2.35. The van der Waals surface area contributed by atoms with Crippen molar-refractivity contribution >= 4 is 33.3 Å². The first-order chi connectivity index (χ1) is 15.2. The van der Waals surface area contributed by atoms with Crippen LogP contribution in [0.3, 0.4) is 0 Å². The maximum absolute atomic E-state index is 10.9. The topological polar surface area (TPSA) is 101 Å². The number of hydrogen-bond acceptors (Lipinski definition) is 9. The molecule has 0 unspecified atom stereocenters. The largest absolute Gasteiger partial charge is 0.353 e. The normalized spacial score (nSPS) is 14.8. The molecule has 31 heavy (non-hydrogen) atoms. The number of nitro benzene ring substituents is 1. The summed E-state index contributed by atoms with van der Waals surface area (Å²) < 4.78 is 5.54. The number of nitro groups is 1. The van der Waals surface area contributed by atoms with Gasteiger partial charge in [-0.15, -0.1) is 0 Å². The van der Waals surface area contributed by atoms with Crippen LogP contribution < -0.4 is 4.90 Å². The molecule has 0 spiro atoms. The molecule has 5 rings (SSSR count). The molecule has 0 saturated carbocycles. The van der Waals surface area contributed by atoms with Crippen molar-refractivity contribution in [1.82, 2.24) is 24.2 Å². The Kier molecular flexibility index (Phi) is 5.23. The molecule has 0 atom stereocenters. The summed E-state index contributed by atoms with van der Waals surface area (Å²) in [7, 11) is 0. The van der Waals surface area contributed by atoms with Crippen molar-refractivity contribution in [2.24, 2.45) is 0 Å². The Balaban J connectivity index is 1.35. The molecule has 1 fully saturated rings. The summed E-state index contributed by atoms with van der Waals surface area (Å²) in [6.07, 6.45) is 5.23. The van der Waals surface area contributed by atoms with Crippen LogP contribution in [0.15, 0.2) is 55.1 Å². The van der Waals surface area contributed by atoms with Gasteiger partial charge in [-0.25, -0.2) is 9.97 Å². The third kappa shape index (κ3) is 3.94. The van der Waals surface area contributed by atoms with E-state index in [2.05, 4.69) is 41.3 Å². The molecule has 1 aliphatic rings. The minimum atomic E-state index is -0.405. The Labute approximate surface area is 182 Å². The molecule has 0 aliphatic carbocycles. The number of hydrogen-bond donors (Lipinski definition) is 0. The van der Waals surface area contributed by atoms with Crippen LogP contribution in [-0.2, 0) is 6.54 Å². The lowest BCUT2D eigenvalue weighted by Crippen LogP contribution is -2.46. The molecule has 4 heterocycles. The number of non-ortho nitro benzene ring substituents is 1. The number of nitrogens with zero attached hydrogens (tertiary/aromatic N) is 7. The molecular formula is C21H19N7O2S. The molecule has 1 saturated heterocycles. The Bertz CT molecular complexity index is 1210. The highest BCUT2D eigenvalue weighted by atomic mass is 32.1. The van der Waals surface area contributed by atoms with Gasteiger partial charge < -0.3 is 4.90 Å². The van der Waals surface area contributed by atoms with E-state index in [9.17, 15) is 10.1 Å². The van der Waals surface area contributed by atoms with Gasteiger partial charge in [0, 0.05) is 62.8 Å². The van der Waals surface area contributed by atoms with E-state index in [0.717, 1.165) is 60.0 Å². The summed E-state index contributed by atoms with van der Waals surface area (Å²) in [5.41, 5.74) is 3.65. The zero-order chi connectivity index (χ0) is 21.2. The molecule has 0 amide bonds. The first-order valence-corrected chi connectivity index (χ1v) is 10.7. The molecule has 10 heteroatoms. The fourth-order valence-corrected chi connectivity index (χ4v) is 4.65. The highest BCUT2D eigenvalue weighted by Gasteiger charge is 2.22. The second-order valence-electron chi connectivity index (χ2n) is 7.33. The van der Waals surface area contributed by atoms with Crippen molar-refractivity contribution in [3.8, 4) is 11.3 Å². The van der Waals surface area contributed by atoms with E-state index in [0.29, 0.717) is 0 Å². The van der Waals surface area contributed by atoms with Crippen LogP contribution in [0.1, 0.15) is 5.56 Å². The number of anilines is 1. The lowest BCUT2D eigenvalue weighted by molar-refractivity contribution is -0.384. The molecule has 3 aromatic heterocycles. The summed E-state index contributed by atoms with van der Waals surface area (Å²) in [5, 5.41) is 10.9. The Hall–Kier alpha value is -3.50. The molecule has 9 nitrogen and oxygen atoms in total. The van der Waals surface area contributed by atoms with Gasteiger partial charge in [0.15, 0.2) is 5.82 Å². The summed E-state index contributed by atoms with van der Waals surface area (Å²) in [4.78, 5) is 28.3. The monoisotopic (exact) mass is 433 g/mol. The van der Waals surface area contributed by atoms with Crippen molar-refractivity contribution in [2.45, 2.75) is 6.54 Å². The summed E-state index contributed by atoms with van der Waals surface area (Å²) in [6.45, 7) is 4.56. The van der Waals surface area contributed by atoms with Gasteiger partial charge in [0.05, 0.1) is 4.92 Å². The molecule has 1 aromatic carbocycles. The first-order valence-electron chi connectivity index (χ1n) is 9.90. The van der Waals surface area contributed by atoms with E-state index >= 15 is 0 Å². The fourth-order valence-electron chi connectivity index (χ4n) is 3.77. The van der Waals surface area contributed by atoms with E-state index in [1.54, 1.807) is 18.5 Å². The number of benzene rings is 1. The third-order valence-corrected chi connectivity index (χ3v) is 6.25. The first kappa shape index (κ1) is 19.5. The Morgan fingerprint density at radius 1 is 1.00 bits per heavy atom. The van der Waals surface area contributed by atoms with E-state index < -0.39 is 4.92 Å². The number of rotatable bonds is 5. The number of aromatic nitrogens is 4. The predicted octanol–water partition coefficient (Wildman–Crippen LogP) is 3.38. The van der Waals surface area contributed by atoms with Gasteiger partial charge in [0.2, 0.25) is 0 Å². The fraction of sp³-hybridized carbons (Fsp3) is 0.238. The van der Waals surface area contributed by atoms with Gasteiger partial charge in [-0.3, -0.25) is 20.0 Å². The van der Waals surface area contributed by atoms with Crippen LogP contribution in [-0.4, -0.2) is 55.3 Å². The zero-order valence-electron chi connectivity index (χ0n) is 16.6. The Morgan fingerprint density at radius 2 is 1.74 bits per heavy atom. The molecule has 0 bridgehead atoms. The van der Waals surface area contributed by atoms with E-state index in [1.807, 2.05) is 12.4 Å². The average Bonchev–Trinajstić information content (AvgIpc) is 3.25.